The van der Waals surface area contributed by atoms with Gasteiger partial charge in [0, 0.05) is 11.1 Å². The lowest BCUT2D eigenvalue weighted by Crippen LogP contribution is -2.28. The van der Waals surface area contributed by atoms with E-state index in [1.54, 1.807) is 0 Å². The molecule has 0 radical (unpaired) electrons. The van der Waals surface area contributed by atoms with Gasteiger partial charge in [-0.25, -0.2) is 4.98 Å². The molecule has 6 heteroatoms. The Hall–Kier alpha value is -2.76. The van der Waals surface area contributed by atoms with Gasteiger partial charge in [0.05, 0.1) is 17.1 Å². The van der Waals surface area contributed by atoms with Crippen LogP contribution in [0.25, 0.3) is 10.9 Å². The normalized spacial score (nSPS) is 12.4. The summed E-state index contributed by atoms with van der Waals surface area (Å²) in [6.45, 7) is 9.57. The summed E-state index contributed by atoms with van der Waals surface area (Å²) in [5, 5.41) is 10.8. The fourth-order valence-electron chi connectivity index (χ4n) is 2.77. The number of carbonyl (C=O) groups is 1. The third-order valence-electron chi connectivity index (χ3n) is 4.20. The number of carbonyl (C=O) groups excluding carboxylic acids is 1. The van der Waals surface area contributed by atoms with Gasteiger partial charge in [0.2, 0.25) is 0 Å². The van der Waals surface area contributed by atoms with E-state index in [0.717, 1.165) is 33.5 Å². The first-order chi connectivity index (χ1) is 11.4. The molecule has 0 unspecified atom stereocenters. The Morgan fingerprint density at radius 1 is 1.17 bits per heavy atom. The van der Waals surface area contributed by atoms with E-state index in [0.29, 0.717) is 11.4 Å². The molecule has 1 aromatic carbocycles. The van der Waals surface area contributed by atoms with Crippen molar-refractivity contribution < 1.29 is 4.79 Å². The van der Waals surface area contributed by atoms with Crippen LogP contribution in [0.2, 0.25) is 0 Å². The predicted octanol–water partition coefficient (Wildman–Crippen LogP) is 3.08. The number of rotatable bonds is 3. The molecule has 0 aliphatic carbocycles. The largest absolute Gasteiger partial charge is 0.342 e. The molecule has 2 heterocycles. The van der Waals surface area contributed by atoms with Gasteiger partial charge in [0.1, 0.15) is 5.82 Å². The van der Waals surface area contributed by atoms with Crippen LogP contribution >= 0.6 is 0 Å². The van der Waals surface area contributed by atoms with Crippen LogP contribution in [0.15, 0.2) is 18.2 Å². The van der Waals surface area contributed by atoms with E-state index < -0.39 is 0 Å². The van der Waals surface area contributed by atoms with Crippen molar-refractivity contribution in [3.63, 3.8) is 0 Å². The highest BCUT2D eigenvalue weighted by Gasteiger charge is 2.20. The van der Waals surface area contributed by atoms with E-state index >= 15 is 0 Å². The number of hydrogen-bond acceptors (Lipinski definition) is 4. The third kappa shape index (κ3) is 2.87. The molecule has 3 aromatic rings. The molecule has 0 aliphatic heterocycles. The zero-order chi connectivity index (χ0) is 17.4. The van der Waals surface area contributed by atoms with Crippen molar-refractivity contribution in [1.29, 1.82) is 0 Å². The van der Waals surface area contributed by atoms with Crippen LogP contribution in [0.1, 0.15) is 51.8 Å². The molecule has 0 fully saturated rings. The number of pyridine rings is 1. The first-order valence-electron chi connectivity index (χ1n) is 7.94. The molecule has 0 spiro atoms. The number of nitrogens with one attached hydrogen (secondary N) is 2. The van der Waals surface area contributed by atoms with E-state index in [9.17, 15) is 4.79 Å². The molecule has 1 atom stereocenters. The number of aromatic nitrogens is 4. The molecule has 2 N–H and O–H groups in total. The van der Waals surface area contributed by atoms with Gasteiger partial charge in [-0.15, -0.1) is 0 Å². The topological polar surface area (TPSA) is 83.6 Å². The highest BCUT2D eigenvalue weighted by molar-refractivity contribution is 6.07. The van der Waals surface area contributed by atoms with Crippen molar-refractivity contribution in [2.75, 3.05) is 0 Å². The number of aromatic amines is 1. The fraction of sp³-hybridized carbons (Fsp3) is 0.333. The Labute approximate surface area is 140 Å². The third-order valence-corrected chi connectivity index (χ3v) is 4.20. The molecule has 6 nitrogen and oxygen atoms in total. The average molecular weight is 323 g/mol. The summed E-state index contributed by atoms with van der Waals surface area (Å²) in [5.74, 6) is 1.16. The maximum atomic E-state index is 12.9. The molecule has 24 heavy (non-hydrogen) atoms. The first-order valence-corrected chi connectivity index (χ1v) is 7.94. The van der Waals surface area contributed by atoms with Crippen molar-refractivity contribution in [1.82, 2.24) is 25.5 Å². The van der Waals surface area contributed by atoms with Crippen LogP contribution in [-0.2, 0) is 0 Å². The molecule has 0 aliphatic rings. The van der Waals surface area contributed by atoms with Crippen molar-refractivity contribution in [2.45, 2.75) is 40.7 Å². The van der Waals surface area contributed by atoms with E-state index in [-0.39, 0.29) is 11.9 Å². The van der Waals surface area contributed by atoms with E-state index in [1.807, 2.05) is 52.8 Å². The second-order valence-corrected chi connectivity index (χ2v) is 6.19. The second-order valence-electron chi connectivity index (χ2n) is 6.19. The Morgan fingerprint density at radius 2 is 1.92 bits per heavy atom. The highest BCUT2D eigenvalue weighted by atomic mass is 16.1. The van der Waals surface area contributed by atoms with Gasteiger partial charge in [0.25, 0.3) is 5.91 Å². The van der Waals surface area contributed by atoms with Crippen molar-refractivity contribution >= 4 is 16.8 Å². The Morgan fingerprint density at radius 3 is 2.58 bits per heavy atom. The lowest BCUT2D eigenvalue weighted by molar-refractivity contribution is 0.0939. The molecular weight excluding hydrogens is 302 g/mol. The van der Waals surface area contributed by atoms with Gasteiger partial charge in [-0.1, -0.05) is 11.6 Å². The highest BCUT2D eigenvalue weighted by Crippen LogP contribution is 2.24. The summed E-state index contributed by atoms with van der Waals surface area (Å²) in [6.07, 6.45) is 0. The molecule has 2 aromatic heterocycles. The first kappa shape index (κ1) is 16.1. The van der Waals surface area contributed by atoms with E-state index in [1.165, 1.54) is 0 Å². The van der Waals surface area contributed by atoms with Gasteiger partial charge >= 0.3 is 0 Å². The van der Waals surface area contributed by atoms with Crippen molar-refractivity contribution in [3.05, 3.63) is 52.2 Å². The van der Waals surface area contributed by atoms with Crippen molar-refractivity contribution in [3.8, 4) is 0 Å². The smallest absolute Gasteiger partial charge is 0.252 e. The van der Waals surface area contributed by atoms with Gasteiger partial charge in [-0.3, -0.25) is 14.9 Å². The molecule has 124 valence electrons. The minimum absolute atomic E-state index is 0.136. The summed E-state index contributed by atoms with van der Waals surface area (Å²) < 4.78 is 0. The number of amides is 1. The second kappa shape index (κ2) is 6.03. The van der Waals surface area contributed by atoms with E-state index in [2.05, 4.69) is 25.5 Å². The summed E-state index contributed by atoms with van der Waals surface area (Å²) in [5.41, 5.74) is 4.34. The van der Waals surface area contributed by atoms with Crippen LogP contribution in [-0.4, -0.2) is 26.1 Å². The lowest BCUT2D eigenvalue weighted by atomic mass is 9.99. The van der Waals surface area contributed by atoms with Gasteiger partial charge in [-0.05, 0) is 52.3 Å². The Bertz CT molecular complexity index is 929. The number of H-pyrrole nitrogens is 1. The zero-order valence-corrected chi connectivity index (χ0v) is 14.6. The monoisotopic (exact) mass is 323 g/mol. The van der Waals surface area contributed by atoms with Gasteiger partial charge in [-0.2, -0.15) is 5.10 Å². The average Bonchev–Trinajstić information content (AvgIpc) is 2.95. The molecular formula is C18H21N5O. The summed E-state index contributed by atoms with van der Waals surface area (Å²) >= 11 is 0. The van der Waals surface area contributed by atoms with Crippen molar-refractivity contribution in [2.24, 2.45) is 0 Å². The molecule has 1 amide bonds. The predicted molar refractivity (Wildman–Crippen MR) is 93.0 cm³/mol. The SMILES string of the molecule is Cc1ccc2nc(C)c(C)c(C(=O)N[C@H](C)c3n[nH]c(C)n3)c2c1. The maximum Gasteiger partial charge on any atom is 0.252 e. The van der Waals surface area contributed by atoms with Crippen LogP contribution in [0.3, 0.4) is 0 Å². The Kier molecular flexibility index (Phi) is 4.05. The van der Waals surface area contributed by atoms with Crippen LogP contribution in [0, 0.1) is 27.7 Å². The summed E-state index contributed by atoms with van der Waals surface area (Å²) in [4.78, 5) is 21.8. The van der Waals surface area contributed by atoms with Crippen LogP contribution in [0.4, 0.5) is 0 Å². The van der Waals surface area contributed by atoms with Crippen LogP contribution in [0.5, 0.6) is 0 Å². The molecule has 0 saturated heterocycles. The standard InChI is InChI=1S/C18H21N5O/c1-9-6-7-15-14(8-9)16(10(2)11(3)19-15)18(24)20-12(4)17-21-13(5)22-23-17/h6-8,12H,1-5H3,(H,20,24)(H,21,22,23)/t12-/m1/s1. The number of hydrogen-bond donors (Lipinski definition) is 2. The number of nitrogens with zero attached hydrogens (tertiary/aromatic N) is 3. The maximum absolute atomic E-state index is 12.9. The van der Waals surface area contributed by atoms with Gasteiger partial charge < -0.3 is 5.32 Å². The Balaban J connectivity index is 2.02. The van der Waals surface area contributed by atoms with Gasteiger partial charge in [0.15, 0.2) is 5.82 Å². The minimum atomic E-state index is -0.282. The number of benzene rings is 1. The minimum Gasteiger partial charge on any atom is -0.342 e. The number of aryl methyl sites for hydroxylation is 3. The molecule has 3 rings (SSSR count). The fourth-order valence-corrected chi connectivity index (χ4v) is 2.77. The molecule has 0 saturated carbocycles. The summed E-state index contributed by atoms with van der Waals surface area (Å²) in [6, 6.07) is 5.68. The summed E-state index contributed by atoms with van der Waals surface area (Å²) in [7, 11) is 0. The van der Waals surface area contributed by atoms with E-state index in [4.69, 9.17) is 0 Å². The number of fused-ring (bicyclic) bond motifs is 1. The molecule has 0 bridgehead atoms. The van der Waals surface area contributed by atoms with Crippen LogP contribution < -0.4 is 5.32 Å². The quantitative estimate of drug-likeness (QED) is 0.776. The zero-order valence-electron chi connectivity index (χ0n) is 14.6. The lowest BCUT2D eigenvalue weighted by Gasteiger charge is -2.15.